The van der Waals surface area contributed by atoms with Crippen LogP contribution in [0.2, 0.25) is 0 Å². The van der Waals surface area contributed by atoms with Gasteiger partial charge in [0, 0.05) is 34.8 Å². The molecular weight excluding hydrogens is 422 g/mol. The lowest BCUT2D eigenvalue weighted by molar-refractivity contribution is -0.126. The highest BCUT2D eigenvalue weighted by Crippen LogP contribution is 2.27. The number of piperidine rings is 1. The minimum atomic E-state index is 0.144. The quantitative estimate of drug-likeness (QED) is 0.485. The first kappa shape index (κ1) is 22.2. The third-order valence-electron chi connectivity index (χ3n) is 5.97. The van der Waals surface area contributed by atoms with Crippen molar-refractivity contribution in [2.24, 2.45) is 5.92 Å². The van der Waals surface area contributed by atoms with Crippen molar-refractivity contribution in [1.82, 2.24) is 15.2 Å². The summed E-state index contributed by atoms with van der Waals surface area (Å²) in [6.07, 6.45) is 2.78. The highest BCUT2D eigenvalue weighted by Gasteiger charge is 2.25. The van der Waals surface area contributed by atoms with E-state index in [9.17, 15) is 4.79 Å². The second-order valence-corrected chi connectivity index (χ2v) is 10.5. The molecule has 0 unspecified atom stereocenters. The van der Waals surface area contributed by atoms with Crippen molar-refractivity contribution in [1.29, 1.82) is 0 Å². The van der Waals surface area contributed by atoms with Gasteiger partial charge in [0.2, 0.25) is 5.91 Å². The molecule has 3 heterocycles. The zero-order chi connectivity index (χ0) is 21.6. The second kappa shape index (κ2) is 10.5. The number of carbonyl (C=O) groups excluding carboxylic acids is 1. The monoisotopic (exact) mass is 453 g/mol. The Morgan fingerprint density at radius 2 is 1.94 bits per heavy atom. The van der Waals surface area contributed by atoms with Gasteiger partial charge in [0.1, 0.15) is 5.01 Å². The number of likely N-dealkylation sites (tertiary alicyclic amines) is 1. The Kier molecular flexibility index (Phi) is 7.54. The lowest BCUT2D eigenvalue weighted by Crippen LogP contribution is -2.40. The van der Waals surface area contributed by atoms with Gasteiger partial charge in [-0.2, -0.15) is 0 Å². The molecule has 1 aliphatic heterocycles. The van der Waals surface area contributed by atoms with Crippen LogP contribution in [-0.4, -0.2) is 35.4 Å². The van der Waals surface area contributed by atoms with Crippen LogP contribution in [-0.2, 0) is 17.8 Å². The maximum atomic E-state index is 12.5. The lowest BCUT2D eigenvalue weighted by Gasteiger charge is -2.30. The van der Waals surface area contributed by atoms with E-state index in [0.29, 0.717) is 5.92 Å². The summed E-state index contributed by atoms with van der Waals surface area (Å²) in [6.45, 7) is 7.95. The normalized spacial score (nSPS) is 15.5. The Balaban J connectivity index is 1.22. The van der Waals surface area contributed by atoms with Crippen LogP contribution in [0.3, 0.4) is 0 Å². The van der Waals surface area contributed by atoms with Gasteiger partial charge in [-0.15, -0.1) is 22.7 Å². The Labute approximate surface area is 193 Å². The van der Waals surface area contributed by atoms with Crippen molar-refractivity contribution < 1.29 is 4.79 Å². The summed E-state index contributed by atoms with van der Waals surface area (Å²) < 4.78 is 0. The number of rotatable bonds is 8. The zero-order valence-electron chi connectivity index (χ0n) is 18.3. The Bertz CT molecular complexity index is 955. The maximum Gasteiger partial charge on any atom is 0.223 e. The molecule has 0 atom stereocenters. The van der Waals surface area contributed by atoms with Gasteiger partial charge >= 0.3 is 0 Å². The first-order valence-electron chi connectivity index (χ1n) is 11.2. The first-order valence-corrected chi connectivity index (χ1v) is 12.9. The van der Waals surface area contributed by atoms with E-state index in [-0.39, 0.29) is 11.8 Å². The van der Waals surface area contributed by atoms with Crippen molar-refractivity contribution in [3.63, 3.8) is 0 Å². The van der Waals surface area contributed by atoms with E-state index in [4.69, 9.17) is 4.98 Å². The van der Waals surface area contributed by atoms with E-state index in [0.717, 1.165) is 56.1 Å². The van der Waals surface area contributed by atoms with Crippen LogP contribution in [0.15, 0.2) is 47.2 Å². The first-order chi connectivity index (χ1) is 15.1. The fraction of sp³-hybridized carbons (Fsp3) is 0.440. The van der Waals surface area contributed by atoms with Gasteiger partial charge < -0.3 is 5.32 Å². The molecule has 1 aromatic carbocycles. The molecule has 1 aliphatic rings. The Morgan fingerprint density at radius 3 is 2.61 bits per heavy atom. The number of benzene rings is 1. The molecule has 1 N–H and O–H groups in total. The number of thiophene rings is 1. The summed E-state index contributed by atoms with van der Waals surface area (Å²) in [5.74, 6) is 0.911. The van der Waals surface area contributed by atoms with Crippen LogP contribution in [0.4, 0.5) is 0 Å². The number of hydrogen-bond acceptors (Lipinski definition) is 5. The average Bonchev–Trinajstić information content (AvgIpc) is 3.47. The molecule has 4 nitrogen and oxygen atoms in total. The molecular formula is C25H31N3OS2. The van der Waals surface area contributed by atoms with Crippen molar-refractivity contribution in [2.45, 2.75) is 45.6 Å². The maximum absolute atomic E-state index is 12.5. The number of carbonyl (C=O) groups is 1. The van der Waals surface area contributed by atoms with E-state index in [1.807, 2.05) is 0 Å². The van der Waals surface area contributed by atoms with E-state index in [1.54, 1.807) is 22.7 Å². The zero-order valence-corrected chi connectivity index (χ0v) is 20.0. The van der Waals surface area contributed by atoms with Crippen molar-refractivity contribution >= 4 is 28.6 Å². The summed E-state index contributed by atoms with van der Waals surface area (Å²) in [6, 6.07) is 13.0. The Hall–Kier alpha value is -2.02. The molecule has 1 saturated heterocycles. The minimum absolute atomic E-state index is 0.144. The number of nitrogens with one attached hydrogen (secondary N) is 1. The van der Waals surface area contributed by atoms with Gasteiger partial charge in [0.15, 0.2) is 0 Å². The molecule has 0 aliphatic carbocycles. The summed E-state index contributed by atoms with van der Waals surface area (Å²) in [7, 11) is 0. The number of nitrogens with zero attached hydrogens (tertiary/aromatic N) is 2. The molecule has 1 amide bonds. The molecule has 0 spiro atoms. The fourth-order valence-electron chi connectivity index (χ4n) is 4.01. The summed E-state index contributed by atoms with van der Waals surface area (Å²) >= 11 is 3.47. The summed E-state index contributed by atoms with van der Waals surface area (Å²) in [5, 5.41) is 8.47. The average molecular weight is 454 g/mol. The number of thiazole rings is 1. The predicted octanol–water partition coefficient (Wildman–Crippen LogP) is 5.57. The van der Waals surface area contributed by atoms with Gasteiger partial charge in [-0.3, -0.25) is 9.69 Å². The van der Waals surface area contributed by atoms with E-state index in [2.05, 4.69) is 71.2 Å². The van der Waals surface area contributed by atoms with Crippen molar-refractivity contribution in [3.8, 4) is 10.6 Å². The van der Waals surface area contributed by atoms with E-state index >= 15 is 0 Å². The molecule has 4 rings (SSSR count). The SMILES string of the molecule is CC(C)c1ccc(-c2nc(CN3CCC(C(=O)NCCc4cccs4)CC3)cs2)cc1. The molecule has 1 fully saturated rings. The van der Waals surface area contributed by atoms with E-state index < -0.39 is 0 Å². The summed E-state index contributed by atoms with van der Waals surface area (Å²) in [5.41, 5.74) is 3.68. The molecule has 3 aromatic rings. The number of hydrogen-bond donors (Lipinski definition) is 1. The van der Waals surface area contributed by atoms with Gasteiger partial charge in [0.05, 0.1) is 5.69 Å². The lowest BCUT2D eigenvalue weighted by atomic mass is 9.96. The largest absolute Gasteiger partial charge is 0.355 e. The van der Waals surface area contributed by atoms with Crippen LogP contribution in [0.5, 0.6) is 0 Å². The van der Waals surface area contributed by atoms with Gasteiger partial charge in [-0.1, -0.05) is 44.2 Å². The van der Waals surface area contributed by atoms with Gasteiger partial charge in [-0.25, -0.2) is 4.98 Å². The Morgan fingerprint density at radius 1 is 1.16 bits per heavy atom. The topological polar surface area (TPSA) is 45.2 Å². The molecule has 0 saturated carbocycles. The highest BCUT2D eigenvalue weighted by atomic mass is 32.1. The van der Waals surface area contributed by atoms with Crippen LogP contribution < -0.4 is 5.32 Å². The molecule has 6 heteroatoms. The van der Waals surface area contributed by atoms with Gasteiger partial charge in [-0.05, 0) is 55.3 Å². The minimum Gasteiger partial charge on any atom is -0.355 e. The second-order valence-electron chi connectivity index (χ2n) is 8.59. The molecule has 2 aromatic heterocycles. The van der Waals surface area contributed by atoms with Gasteiger partial charge in [0.25, 0.3) is 0 Å². The fourth-order valence-corrected chi connectivity index (χ4v) is 5.54. The highest BCUT2D eigenvalue weighted by molar-refractivity contribution is 7.13. The summed E-state index contributed by atoms with van der Waals surface area (Å²) in [4.78, 5) is 21.1. The number of amides is 1. The van der Waals surface area contributed by atoms with Crippen LogP contribution in [0.1, 0.15) is 48.7 Å². The smallest absolute Gasteiger partial charge is 0.223 e. The number of aromatic nitrogens is 1. The predicted molar refractivity (Wildman–Crippen MR) is 131 cm³/mol. The van der Waals surface area contributed by atoms with Crippen LogP contribution in [0, 0.1) is 5.92 Å². The van der Waals surface area contributed by atoms with Crippen LogP contribution in [0.25, 0.3) is 10.6 Å². The van der Waals surface area contributed by atoms with Crippen molar-refractivity contribution in [3.05, 3.63) is 63.3 Å². The molecule has 0 radical (unpaired) electrons. The van der Waals surface area contributed by atoms with Crippen LogP contribution >= 0.6 is 22.7 Å². The molecule has 31 heavy (non-hydrogen) atoms. The molecule has 0 bridgehead atoms. The third kappa shape index (κ3) is 6.03. The van der Waals surface area contributed by atoms with E-state index in [1.165, 1.54) is 16.0 Å². The van der Waals surface area contributed by atoms with Crippen molar-refractivity contribution in [2.75, 3.05) is 19.6 Å². The molecule has 164 valence electrons. The standard InChI is InChI=1S/C25H31N3OS2/c1-18(2)19-5-7-21(8-6-19)25-27-22(17-31-25)16-28-13-10-20(11-14-28)24(29)26-12-9-23-4-3-15-30-23/h3-8,15,17-18,20H,9-14,16H2,1-2H3,(H,26,29). The third-order valence-corrected chi connectivity index (χ3v) is 7.85.